The molecule has 0 saturated carbocycles. The molecule has 1 heterocycles. The van der Waals surface area contributed by atoms with Crippen LogP contribution < -0.4 is 14.8 Å². The zero-order valence-electron chi connectivity index (χ0n) is 15.6. The number of carbonyl (C=O) groups excluding carboxylic acids is 1. The summed E-state index contributed by atoms with van der Waals surface area (Å²) in [6.45, 7) is 1.89. The van der Waals surface area contributed by atoms with Crippen LogP contribution in [0, 0.1) is 6.92 Å². The highest BCUT2D eigenvalue weighted by molar-refractivity contribution is 9.10. The molecular weight excluding hydrogens is 458 g/mol. The number of aromatic nitrogens is 1. The fourth-order valence-electron chi connectivity index (χ4n) is 2.49. The first kappa shape index (κ1) is 20.8. The molecule has 2 aromatic carbocycles. The molecule has 0 spiro atoms. The van der Waals surface area contributed by atoms with Crippen molar-refractivity contribution in [1.82, 2.24) is 4.98 Å². The summed E-state index contributed by atoms with van der Waals surface area (Å²) in [6.07, 6.45) is 1.63. The lowest BCUT2D eigenvalue weighted by Gasteiger charge is -2.13. The normalized spacial score (nSPS) is 11.0. The van der Waals surface area contributed by atoms with Crippen molar-refractivity contribution in [2.24, 2.45) is 0 Å². The van der Waals surface area contributed by atoms with E-state index >= 15 is 0 Å². The predicted molar refractivity (Wildman–Crippen MR) is 115 cm³/mol. The second kappa shape index (κ2) is 8.62. The SMILES string of the molecule is COc1ccc(C(=O)Nc2ccc(C)cn2)cc1S(=O)(=O)Nc1ccc(Br)cc1. The molecule has 7 nitrogen and oxygen atoms in total. The van der Waals surface area contributed by atoms with Crippen molar-refractivity contribution in [3.63, 3.8) is 0 Å². The third-order valence-electron chi connectivity index (χ3n) is 3.96. The molecule has 0 atom stereocenters. The molecule has 0 aliphatic rings. The molecule has 0 aliphatic heterocycles. The number of sulfonamides is 1. The molecule has 0 fully saturated rings. The number of amides is 1. The van der Waals surface area contributed by atoms with Crippen LogP contribution in [-0.4, -0.2) is 26.4 Å². The van der Waals surface area contributed by atoms with Gasteiger partial charge in [-0.2, -0.15) is 0 Å². The van der Waals surface area contributed by atoms with Crippen molar-refractivity contribution in [3.8, 4) is 5.75 Å². The van der Waals surface area contributed by atoms with Gasteiger partial charge in [0.05, 0.1) is 7.11 Å². The molecule has 29 heavy (non-hydrogen) atoms. The zero-order chi connectivity index (χ0) is 21.0. The summed E-state index contributed by atoms with van der Waals surface area (Å²) in [5.74, 6) is 0.0116. The van der Waals surface area contributed by atoms with E-state index in [0.29, 0.717) is 11.5 Å². The molecule has 1 amide bonds. The van der Waals surface area contributed by atoms with E-state index < -0.39 is 15.9 Å². The lowest BCUT2D eigenvalue weighted by molar-refractivity contribution is 0.102. The van der Waals surface area contributed by atoms with Crippen LogP contribution in [0.1, 0.15) is 15.9 Å². The molecule has 2 N–H and O–H groups in total. The predicted octanol–water partition coefficient (Wildman–Crippen LogP) is 4.21. The number of rotatable bonds is 6. The number of methoxy groups -OCH3 is 1. The number of halogens is 1. The zero-order valence-corrected chi connectivity index (χ0v) is 18.0. The molecular formula is C20H18BrN3O4S. The first-order chi connectivity index (χ1) is 13.8. The van der Waals surface area contributed by atoms with Crippen molar-refractivity contribution < 1.29 is 17.9 Å². The Labute approximate surface area is 177 Å². The van der Waals surface area contributed by atoms with E-state index in [1.54, 1.807) is 36.5 Å². The van der Waals surface area contributed by atoms with Gasteiger partial charge in [0.15, 0.2) is 0 Å². The highest BCUT2D eigenvalue weighted by atomic mass is 79.9. The highest BCUT2D eigenvalue weighted by Crippen LogP contribution is 2.28. The average molecular weight is 476 g/mol. The number of carbonyl (C=O) groups is 1. The first-order valence-electron chi connectivity index (χ1n) is 8.49. The van der Waals surface area contributed by atoms with Crippen LogP contribution in [0.25, 0.3) is 0 Å². The van der Waals surface area contributed by atoms with E-state index in [1.165, 1.54) is 25.3 Å². The van der Waals surface area contributed by atoms with E-state index in [4.69, 9.17) is 4.74 Å². The summed E-state index contributed by atoms with van der Waals surface area (Å²) in [4.78, 5) is 16.5. The van der Waals surface area contributed by atoms with Gasteiger partial charge >= 0.3 is 0 Å². The van der Waals surface area contributed by atoms with Crippen molar-refractivity contribution in [1.29, 1.82) is 0 Å². The Balaban J connectivity index is 1.90. The van der Waals surface area contributed by atoms with Gasteiger partial charge in [0.25, 0.3) is 15.9 Å². The lowest BCUT2D eigenvalue weighted by atomic mass is 10.2. The van der Waals surface area contributed by atoms with Crippen LogP contribution in [0.3, 0.4) is 0 Å². The minimum Gasteiger partial charge on any atom is -0.495 e. The monoisotopic (exact) mass is 475 g/mol. The van der Waals surface area contributed by atoms with Crippen LogP contribution in [0.4, 0.5) is 11.5 Å². The van der Waals surface area contributed by atoms with E-state index in [2.05, 4.69) is 31.0 Å². The van der Waals surface area contributed by atoms with Crippen LogP contribution in [0.5, 0.6) is 5.75 Å². The average Bonchev–Trinajstić information content (AvgIpc) is 2.70. The molecule has 0 aliphatic carbocycles. The summed E-state index contributed by atoms with van der Waals surface area (Å²) < 4.78 is 34.3. The van der Waals surface area contributed by atoms with Crippen molar-refractivity contribution in [3.05, 3.63) is 76.4 Å². The number of hydrogen-bond donors (Lipinski definition) is 2. The van der Waals surface area contributed by atoms with Gasteiger partial charge in [0.2, 0.25) is 0 Å². The quantitative estimate of drug-likeness (QED) is 0.556. The second-order valence-corrected chi connectivity index (χ2v) is 8.72. The van der Waals surface area contributed by atoms with Gasteiger partial charge in [-0.1, -0.05) is 22.0 Å². The summed E-state index contributed by atoms with van der Waals surface area (Å²) in [7, 11) is -2.62. The summed E-state index contributed by atoms with van der Waals surface area (Å²) in [5.41, 5.74) is 1.50. The van der Waals surface area contributed by atoms with E-state index in [-0.39, 0.29) is 16.2 Å². The van der Waals surface area contributed by atoms with Gasteiger partial charge in [0, 0.05) is 21.9 Å². The molecule has 0 radical (unpaired) electrons. The minimum atomic E-state index is -3.99. The number of aryl methyl sites for hydroxylation is 1. The molecule has 0 unspecified atom stereocenters. The Morgan fingerprint density at radius 3 is 2.41 bits per heavy atom. The maximum Gasteiger partial charge on any atom is 0.265 e. The third kappa shape index (κ3) is 5.12. The smallest absolute Gasteiger partial charge is 0.265 e. The third-order valence-corrected chi connectivity index (χ3v) is 5.90. The number of ether oxygens (including phenoxy) is 1. The van der Waals surface area contributed by atoms with Gasteiger partial charge in [-0.05, 0) is 61.0 Å². The molecule has 150 valence electrons. The van der Waals surface area contributed by atoms with Crippen LogP contribution in [0.15, 0.2) is 70.2 Å². The van der Waals surface area contributed by atoms with Crippen LogP contribution >= 0.6 is 15.9 Å². The number of pyridine rings is 1. The van der Waals surface area contributed by atoms with Crippen molar-refractivity contribution in [2.75, 3.05) is 17.1 Å². The summed E-state index contributed by atoms with van der Waals surface area (Å²) >= 11 is 3.30. The Hall–Kier alpha value is -2.91. The van der Waals surface area contributed by atoms with E-state index in [9.17, 15) is 13.2 Å². The largest absolute Gasteiger partial charge is 0.495 e. The molecule has 0 bridgehead atoms. The standard InChI is InChI=1S/C20H18BrN3O4S/c1-13-3-10-19(22-12-13)23-20(25)14-4-9-17(28-2)18(11-14)29(26,27)24-16-7-5-15(21)6-8-16/h3-12,24H,1-2H3,(H,22,23,25). The Morgan fingerprint density at radius 1 is 1.07 bits per heavy atom. The summed E-state index contributed by atoms with van der Waals surface area (Å²) in [5, 5.41) is 2.65. The number of anilines is 2. The highest BCUT2D eigenvalue weighted by Gasteiger charge is 2.22. The topological polar surface area (TPSA) is 97.4 Å². The van der Waals surface area contributed by atoms with Gasteiger partial charge in [-0.25, -0.2) is 13.4 Å². The number of benzene rings is 2. The first-order valence-corrected chi connectivity index (χ1v) is 10.8. The van der Waals surface area contributed by atoms with Gasteiger partial charge in [0.1, 0.15) is 16.5 Å². The van der Waals surface area contributed by atoms with E-state index in [0.717, 1.165) is 10.0 Å². The number of nitrogens with one attached hydrogen (secondary N) is 2. The Kier molecular flexibility index (Phi) is 6.19. The van der Waals surface area contributed by atoms with Crippen LogP contribution in [-0.2, 0) is 10.0 Å². The number of nitrogens with zero attached hydrogens (tertiary/aromatic N) is 1. The second-order valence-electron chi connectivity index (χ2n) is 6.15. The summed E-state index contributed by atoms with van der Waals surface area (Å²) in [6, 6.07) is 14.3. The minimum absolute atomic E-state index is 0.125. The van der Waals surface area contributed by atoms with Gasteiger partial charge < -0.3 is 10.1 Å². The lowest BCUT2D eigenvalue weighted by Crippen LogP contribution is -2.17. The fourth-order valence-corrected chi connectivity index (χ4v) is 4.01. The fraction of sp³-hybridized carbons (Fsp3) is 0.100. The molecule has 3 rings (SSSR count). The van der Waals surface area contributed by atoms with Gasteiger partial charge in [-0.15, -0.1) is 0 Å². The molecule has 3 aromatic rings. The number of hydrogen-bond acceptors (Lipinski definition) is 5. The molecule has 9 heteroatoms. The Bertz CT molecular complexity index is 1130. The molecule has 0 saturated heterocycles. The Morgan fingerprint density at radius 2 is 1.79 bits per heavy atom. The maximum absolute atomic E-state index is 12.9. The molecule has 1 aromatic heterocycles. The maximum atomic E-state index is 12.9. The van der Waals surface area contributed by atoms with Crippen LogP contribution in [0.2, 0.25) is 0 Å². The van der Waals surface area contributed by atoms with Gasteiger partial charge in [-0.3, -0.25) is 9.52 Å². The van der Waals surface area contributed by atoms with Crippen molar-refractivity contribution in [2.45, 2.75) is 11.8 Å². The van der Waals surface area contributed by atoms with Crippen molar-refractivity contribution >= 4 is 43.4 Å². The van der Waals surface area contributed by atoms with E-state index in [1.807, 2.05) is 13.0 Å².